The van der Waals surface area contributed by atoms with E-state index in [-0.39, 0.29) is 11.3 Å². The van der Waals surface area contributed by atoms with Crippen LogP contribution in [0.2, 0.25) is 0 Å². The van der Waals surface area contributed by atoms with Crippen molar-refractivity contribution in [3.05, 3.63) is 54.0 Å². The van der Waals surface area contributed by atoms with Crippen LogP contribution in [0.15, 0.2) is 42.7 Å². The molecule has 7 heteroatoms. The number of fused-ring (bicyclic) bond motifs is 2. The molecule has 0 radical (unpaired) electrons. The van der Waals surface area contributed by atoms with Crippen molar-refractivity contribution in [2.75, 3.05) is 37.6 Å². The van der Waals surface area contributed by atoms with E-state index in [9.17, 15) is 4.79 Å². The predicted molar refractivity (Wildman–Crippen MR) is 116 cm³/mol. The lowest BCUT2D eigenvalue weighted by Crippen LogP contribution is -2.43. The van der Waals surface area contributed by atoms with Gasteiger partial charge in [-0.25, -0.2) is 4.98 Å². The zero-order valence-electron chi connectivity index (χ0n) is 16.7. The summed E-state index contributed by atoms with van der Waals surface area (Å²) in [5, 5.41) is 6.40. The van der Waals surface area contributed by atoms with Crippen molar-refractivity contribution in [2.45, 2.75) is 18.3 Å². The molecule has 1 saturated carbocycles. The number of pyridine rings is 2. The molecule has 5 heterocycles. The second kappa shape index (κ2) is 6.67. The van der Waals surface area contributed by atoms with Crippen LogP contribution in [0.3, 0.4) is 0 Å². The van der Waals surface area contributed by atoms with Gasteiger partial charge in [-0.15, -0.1) is 0 Å². The summed E-state index contributed by atoms with van der Waals surface area (Å²) in [6, 6.07) is 10.2. The molecule has 1 spiro atoms. The van der Waals surface area contributed by atoms with Crippen molar-refractivity contribution in [3.63, 3.8) is 0 Å². The maximum absolute atomic E-state index is 12.3. The van der Waals surface area contributed by atoms with E-state index in [1.54, 1.807) is 0 Å². The van der Waals surface area contributed by atoms with Crippen molar-refractivity contribution >= 4 is 11.7 Å². The maximum Gasteiger partial charge on any atom is 0.253 e. The molecule has 2 fully saturated rings. The van der Waals surface area contributed by atoms with Crippen molar-refractivity contribution in [2.24, 2.45) is 0 Å². The maximum atomic E-state index is 12.3. The quantitative estimate of drug-likeness (QED) is 0.628. The topological polar surface area (TPSA) is 85.9 Å². The van der Waals surface area contributed by atoms with E-state index < -0.39 is 0 Å². The number of anilines is 1. The Balaban J connectivity index is 1.30. The molecule has 3 aliphatic rings. The van der Waals surface area contributed by atoms with Crippen LogP contribution in [0.5, 0.6) is 0 Å². The van der Waals surface area contributed by atoms with Gasteiger partial charge in [0.15, 0.2) is 0 Å². The van der Waals surface area contributed by atoms with Crippen LogP contribution in [0.1, 0.15) is 28.9 Å². The number of rotatable bonds is 3. The van der Waals surface area contributed by atoms with E-state index in [4.69, 9.17) is 0 Å². The number of H-pyrrole nitrogens is 1. The number of nitrogens with one attached hydrogen (secondary N) is 3. The molecule has 7 nitrogen and oxygen atoms in total. The first-order valence-electron chi connectivity index (χ1n) is 10.6. The minimum Gasteiger partial charge on any atom is -0.357 e. The van der Waals surface area contributed by atoms with E-state index in [0.717, 1.165) is 85.2 Å². The summed E-state index contributed by atoms with van der Waals surface area (Å²) in [6.45, 7) is 4.68. The fraction of sp³-hybridized carbons (Fsp3) is 0.348. The van der Waals surface area contributed by atoms with Gasteiger partial charge in [-0.1, -0.05) is 0 Å². The Labute approximate surface area is 174 Å². The van der Waals surface area contributed by atoms with Crippen molar-refractivity contribution in [3.8, 4) is 22.5 Å². The molecular weight excluding hydrogens is 376 g/mol. The molecule has 1 saturated heterocycles. The summed E-state index contributed by atoms with van der Waals surface area (Å²) in [7, 11) is 0. The highest BCUT2D eigenvalue weighted by Gasteiger charge is 2.50. The minimum atomic E-state index is 0.0204. The van der Waals surface area contributed by atoms with Crippen LogP contribution in [0, 0.1) is 0 Å². The van der Waals surface area contributed by atoms with E-state index in [0.29, 0.717) is 0 Å². The summed E-state index contributed by atoms with van der Waals surface area (Å²) >= 11 is 0. The molecule has 0 bridgehead atoms. The van der Waals surface area contributed by atoms with E-state index in [1.807, 2.05) is 24.5 Å². The summed E-state index contributed by atoms with van der Waals surface area (Å²) < 4.78 is 0. The molecule has 3 aromatic rings. The molecular formula is C23H24N6O. The number of aromatic nitrogens is 3. The van der Waals surface area contributed by atoms with Crippen LogP contribution < -0.4 is 15.5 Å². The van der Waals surface area contributed by atoms with Crippen molar-refractivity contribution in [1.82, 2.24) is 25.6 Å². The number of hydrogen-bond donors (Lipinski definition) is 3. The normalized spacial score (nSPS) is 19.5. The highest BCUT2D eigenvalue weighted by atomic mass is 16.1. The standard InChI is InChI=1S/C23H24N6O/c30-22-17-12-19(28-21(17)23(4-5-23)14-27-22)15-3-6-25-18(11-15)16-1-2-20(26-13-16)29-9-7-24-8-10-29/h1-3,6,11-13,24,28H,4-5,7-10,14H2,(H,27,30). The number of hydrogen-bond acceptors (Lipinski definition) is 5. The van der Waals surface area contributed by atoms with Crippen LogP contribution in [0.25, 0.3) is 22.5 Å². The van der Waals surface area contributed by atoms with Gasteiger partial charge in [0.1, 0.15) is 5.82 Å². The number of carbonyl (C=O) groups excluding carboxylic acids is 1. The van der Waals surface area contributed by atoms with E-state index >= 15 is 0 Å². The highest BCUT2D eigenvalue weighted by Crippen LogP contribution is 2.50. The average Bonchev–Trinajstić information content (AvgIpc) is 3.44. The summed E-state index contributed by atoms with van der Waals surface area (Å²) in [4.78, 5) is 27.4. The number of carbonyl (C=O) groups is 1. The molecule has 0 aromatic carbocycles. The molecule has 6 rings (SSSR count). The van der Waals surface area contributed by atoms with E-state index in [1.165, 1.54) is 0 Å². The molecule has 0 atom stereocenters. The SMILES string of the molecule is O=C1NCC2(CC2)c2[nH]c(-c3ccnc(-c4ccc(N5CCNCC5)nc4)c3)cc21. The monoisotopic (exact) mass is 400 g/mol. The fourth-order valence-electron chi connectivity index (χ4n) is 4.59. The van der Waals surface area contributed by atoms with Crippen LogP contribution in [-0.4, -0.2) is 53.6 Å². The second-order valence-corrected chi connectivity index (χ2v) is 8.51. The Morgan fingerprint density at radius 2 is 1.87 bits per heavy atom. The van der Waals surface area contributed by atoms with Gasteiger partial charge in [0.2, 0.25) is 0 Å². The van der Waals surface area contributed by atoms with Crippen LogP contribution in [0.4, 0.5) is 5.82 Å². The van der Waals surface area contributed by atoms with Crippen molar-refractivity contribution < 1.29 is 4.79 Å². The van der Waals surface area contributed by atoms with Gasteiger partial charge in [-0.05, 0) is 43.2 Å². The molecule has 30 heavy (non-hydrogen) atoms. The smallest absolute Gasteiger partial charge is 0.253 e. The molecule has 3 N–H and O–H groups in total. The molecule has 1 aliphatic carbocycles. The largest absolute Gasteiger partial charge is 0.357 e. The molecule has 2 aliphatic heterocycles. The Kier molecular flexibility index (Phi) is 3.92. The minimum absolute atomic E-state index is 0.0204. The third kappa shape index (κ3) is 2.89. The van der Waals surface area contributed by atoms with Gasteiger partial charge < -0.3 is 20.5 Å². The number of aromatic amines is 1. The Hall–Kier alpha value is -3.19. The number of nitrogens with zero attached hydrogens (tertiary/aromatic N) is 3. The summed E-state index contributed by atoms with van der Waals surface area (Å²) in [5.41, 5.74) is 5.88. The zero-order chi connectivity index (χ0) is 20.1. The van der Waals surface area contributed by atoms with Gasteiger partial charge in [0, 0.05) is 73.0 Å². The molecule has 0 unspecified atom stereocenters. The molecule has 152 valence electrons. The Morgan fingerprint density at radius 1 is 1.00 bits per heavy atom. The first-order valence-corrected chi connectivity index (χ1v) is 10.6. The highest BCUT2D eigenvalue weighted by molar-refractivity contribution is 5.99. The average molecular weight is 400 g/mol. The fourth-order valence-corrected chi connectivity index (χ4v) is 4.59. The molecule has 3 aromatic heterocycles. The van der Waals surface area contributed by atoms with Gasteiger partial charge in [-0.3, -0.25) is 9.78 Å². The van der Waals surface area contributed by atoms with Crippen molar-refractivity contribution in [1.29, 1.82) is 0 Å². The first kappa shape index (κ1) is 17.7. The van der Waals surface area contributed by atoms with Gasteiger partial charge in [0.05, 0.1) is 11.3 Å². The molecule has 1 amide bonds. The third-order valence-electron chi connectivity index (χ3n) is 6.59. The first-order chi connectivity index (χ1) is 14.7. The lowest BCUT2D eigenvalue weighted by molar-refractivity contribution is 0.0937. The van der Waals surface area contributed by atoms with E-state index in [2.05, 4.69) is 48.7 Å². The lowest BCUT2D eigenvalue weighted by Gasteiger charge is -2.28. The van der Waals surface area contributed by atoms with Crippen LogP contribution in [-0.2, 0) is 5.41 Å². The third-order valence-corrected chi connectivity index (χ3v) is 6.59. The lowest BCUT2D eigenvalue weighted by atomic mass is 9.95. The predicted octanol–water partition coefficient (Wildman–Crippen LogP) is 2.32. The number of piperazine rings is 1. The zero-order valence-corrected chi connectivity index (χ0v) is 16.7. The van der Waals surface area contributed by atoms with Gasteiger partial charge >= 0.3 is 0 Å². The van der Waals surface area contributed by atoms with Gasteiger partial charge in [0.25, 0.3) is 5.91 Å². The summed E-state index contributed by atoms with van der Waals surface area (Å²) in [6.07, 6.45) is 5.98. The number of amides is 1. The second-order valence-electron chi connectivity index (χ2n) is 8.51. The Bertz CT molecular complexity index is 1110. The van der Waals surface area contributed by atoms with Gasteiger partial charge in [-0.2, -0.15) is 0 Å². The summed E-state index contributed by atoms with van der Waals surface area (Å²) in [5.74, 6) is 1.03. The van der Waals surface area contributed by atoms with Crippen LogP contribution >= 0.6 is 0 Å². The Morgan fingerprint density at radius 3 is 2.63 bits per heavy atom.